The maximum Gasteiger partial charge on any atom is 0.161 e. The molecule has 0 radical (unpaired) electrons. The highest BCUT2D eigenvalue weighted by Gasteiger charge is 2.23. The Morgan fingerprint density at radius 2 is 2.09 bits per heavy atom. The molecule has 1 fully saturated rings. The van der Waals surface area contributed by atoms with Crippen molar-refractivity contribution in [3.63, 3.8) is 0 Å². The van der Waals surface area contributed by atoms with Crippen LogP contribution >= 0.6 is 0 Å². The van der Waals surface area contributed by atoms with E-state index in [1.165, 1.54) is 5.56 Å². The van der Waals surface area contributed by atoms with Gasteiger partial charge in [0.2, 0.25) is 0 Å². The summed E-state index contributed by atoms with van der Waals surface area (Å²) in [7, 11) is 1.66. The zero-order valence-corrected chi connectivity index (χ0v) is 13.4. The summed E-state index contributed by atoms with van der Waals surface area (Å²) in [6, 6.07) is 12.2. The Kier molecular flexibility index (Phi) is 5.45. The Balaban J connectivity index is 1.59. The van der Waals surface area contributed by atoms with Crippen molar-refractivity contribution in [3.05, 3.63) is 54.4 Å². The van der Waals surface area contributed by atoms with E-state index in [4.69, 9.17) is 9.47 Å². The average Bonchev–Trinajstić information content (AvgIpc) is 2.63. The molecule has 1 unspecified atom stereocenters. The number of benzene rings is 1. The van der Waals surface area contributed by atoms with Gasteiger partial charge in [-0.25, -0.2) is 0 Å². The Hall–Kier alpha value is -2.11. The fourth-order valence-corrected chi connectivity index (χ4v) is 2.93. The summed E-state index contributed by atoms with van der Waals surface area (Å²) < 4.78 is 11.2. The van der Waals surface area contributed by atoms with Crippen LogP contribution in [0.4, 0.5) is 0 Å². The van der Waals surface area contributed by atoms with Gasteiger partial charge in [-0.15, -0.1) is 0 Å². The average molecular weight is 313 g/mol. The van der Waals surface area contributed by atoms with Crippen LogP contribution in [-0.4, -0.2) is 49.8 Å². The molecule has 1 saturated heterocycles. The number of methoxy groups -OCH3 is 1. The van der Waals surface area contributed by atoms with E-state index in [2.05, 4.69) is 21.3 Å². The molecule has 1 atom stereocenters. The molecule has 0 aliphatic carbocycles. The van der Waals surface area contributed by atoms with Gasteiger partial charge in [0.1, 0.15) is 6.61 Å². The van der Waals surface area contributed by atoms with E-state index in [9.17, 15) is 0 Å². The Labute approximate surface area is 137 Å². The first kappa shape index (κ1) is 15.8. The first-order valence-corrected chi connectivity index (χ1v) is 7.99. The third kappa shape index (κ3) is 4.00. The van der Waals surface area contributed by atoms with Crippen molar-refractivity contribution in [2.75, 3.05) is 39.9 Å². The van der Waals surface area contributed by atoms with Crippen LogP contribution in [0.15, 0.2) is 48.8 Å². The summed E-state index contributed by atoms with van der Waals surface area (Å²) in [6.45, 7) is 4.47. The number of aromatic nitrogens is 1. The highest BCUT2D eigenvalue weighted by Crippen LogP contribution is 2.26. The smallest absolute Gasteiger partial charge is 0.161 e. The van der Waals surface area contributed by atoms with Crippen molar-refractivity contribution in [3.8, 4) is 11.5 Å². The SMILES string of the molecule is COc1ccccc1OCCN1CCNCC1c1cccnc1. The monoisotopic (exact) mass is 313 g/mol. The predicted octanol–water partition coefficient (Wildman–Crippen LogP) is 2.12. The van der Waals surface area contributed by atoms with Gasteiger partial charge in [-0.1, -0.05) is 18.2 Å². The molecule has 0 bridgehead atoms. The summed E-state index contributed by atoms with van der Waals surface area (Å²) in [4.78, 5) is 6.69. The van der Waals surface area contributed by atoms with Gasteiger partial charge in [-0.05, 0) is 23.8 Å². The van der Waals surface area contributed by atoms with Crippen LogP contribution in [0.5, 0.6) is 11.5 Å². The number of piperazine rings is 1. The quantitative estimate of drug-likeness (QED) is 0.885. The van der Waals surface area contributed by atoms with Gasteiger partial charge in [0, 0.05) is 44.6 Å². The van der Waals surface area contributed by atoms with Gasteiger partial charge in [0.15, 0.2) is 11.5 Å². The molecule has 0 amide bonds. The molecule has 1 aliphatic rings. The molecule has 122 valence electrons. The fourth-order valence-electron chi connectivity index (χ4n) is 2.93. The van der Waals surface area contributed by atoms with E-state index >= 15 is 0 Å². The van der Waals surface area contributed by atoms with E-state index in [-0.39, 0.29) is 0 Å². The number of ether oxygens (including phenoxy) is 2. The minimum absolute atomic E-state index is 0.346. The molecule has 1 aliphatic heterocycles. The Morgan fingerprint density at radius 1 is 1.22 bits per heavy atom. The second-order valence-corrected chi connectivity index (χ2v) is 5.54. The molecular formula is C18H23N3O2. The van der Waals surface area contributed by atoms with Gasteiger partial charge < -0.3 is 14.8 Å². The highest BCUT2D eigenvalue weighted by molar-refractivity contribution is 5.39. The molecule has 5 heteroatoms. The summed E-state index contributed by atoms with van der Waals surface area (Å²) in [5.74, 6) is 1.57. The van der Waals surface area contributed by atoms with Gasteiger partial charge >= 0.3 is 0 Å². The molecule has 0 saturated carbocycles. The fraction of sp³-hybridized carbons (Fsp3) is 0.389. The molecule has 23 heavy (non-hydrogen) atoms. The first-order valence-electron chi connectivity index (χ1n) is 7.99. The molecule has 1 aromatic carbocycles. The van der Waals surface area contributed by atoms with Crippen molar-refractivity contribution in [2.45, 2.75) is 6.04 Å². The number of nitrogens with zero attached hydrogens (tertiary/aromatic N) is 2. The Bertz CT molecular complexity index is 606. The summed E-state index contributed by atoms with van der Waals surface area (Å²) in [5.41, 5.74) is 1.25. The van der Waals surface area contributed by atoms with Crippen LogP contribution in [0.3, 0.4) is 0 Å². The van der Waals surface area contributed by atoms with Gasteiger partial charge in [-0.3, -0.25) is 9.88 Å². The summed E-state index contributed by atoms with van der Waals surface area (Å²) in [5, 5.41) is 3.46. The number of hydrogen-bond acceptors (Lipinski definition) is 5. The third-order valence-electron chi connectivity index (χ3n) is 4.13. The lowest BCUT2D eigenvalue weighted by atomic mass is 10.1. The van der Waals surface area contributed by atoms with E-state index < -0.39 is 0 Å². The second-order valence-electron chi connectivity index (χ2n) is 5.54. The van der Waals surface area contributed by atoms with Crippen LogP contribution in [0.25, 0.3) is 0 Å². The molecule has 1 aromatic heterocycles. The minimum atomic E-state index is 0.346. The molecule has 2 aromatic rings. The van der Waals surface area contributed by atoms with Crippen molar-refractivity contribution < 1.29 is 9.47 Å². The minimum Gasteiger partial charge on any atom is -0.493 e. The maximum absolute atomic E-state index is 5.91. The van der Waals surface area contributed by atoms with Gasteiger partial charge in [0.25, 0.3) is 0 Å². The number of para-hydroxylation sites is 2. The Morgan fingerprint density at radius 3 is 2.87 bits per heavy atom. The molecule has 2 heterocycles. The van der Waals surface area contributed by atoms with Crippen molar-refractivity contribution >= 4 is 0 Å². The predicted molar refractivity (Wildman–Crippen MR) is 89.9 cm³/mol. The zero-order chi connectivity index (χ0) is 15.9. The standard InChI is InChI=1S/C18H23N3O2/c1-22-17-6-2-3-7-18(17)23-12-11-21-10-9-20-14-16(21)15-5-4-8-19-13-15/h2-8,13,16,20H,9-12,14H2,1H3. The van der Waals surface area contributed by atoms with Crippen molar-refractivity contribution in [1.29, 1.82) is 0 Å². The zero-order valence-electron chi connectivity index (χ0n) is 13.4. The van der Waals surface area contributed by atoms with Crippen molar-refractivity contribution in [2.24, 2.45) is 0 Å². The third-order valence-corrected chi connectivity index (χ3v) is 4.13. The van der Waals surface area contributed by atoms with Crippen molar-refractivity contribution in [1.82, 2.24) is 15.2 Å². The molecular weight excluding hydrogens is 290 g/mol. The van der Waals surface area contributed by atoms with Gasteiger partial charge in [-0.2, -0.15) is 0 Å². The van der Waals surface area contributed by atoms with Crippen LogP contribution in [0.1, 0.15) is 11.6 Å². The first-order chi connectivity index (χ1) is 11.4. The van der Waals surface area contributed by atoms with Crippen LogP contribution < -0.4 is 14.8 Å². The normalized spacial score (nSPS) is 18.6. The largest absolute Gasteiger partial charge is 0.493 e. The van der Waals surface area contributed by atoms with E-state index in [0.717, 1.165) is 37.7 Å². The van der Waals surface area contributed by atoms with Crippen LogP contribution in [0.2, 0.25) is 0 Å². The lowest BCUT2D eigenvalue weighted by molar-refractivity contribution is 0.132. The highest BCUT2D eigenvalue weighted by atomic mass is 16.5. The van der Waals surface area contributed by atoms with E-state index in [1.54, 1.807) is 7.11 Å². The van der Waals surface area contributed by atoms with Gasteiger partial charge in [0.05, 0.1) is 7.11 Å². The number of rotatable bonds is 6. The maximum atomic E-state index is 5.91. The molecule has 1 N–H and O–H groups in total. The number of pyridine rings is 1. The second kappa shape index (κ2) is 7.94. The topological polar surface area (TPSA) is 46.6 Å². The van der Waals surface area contributed by atoms with E-state index in [0.29, 0.717) is 12.6 Å². The molecule has 0 spiro atoms. The van der Waals surface area contributed by atoms with Crippen LogP contribution in [-0.2, 0) is 0 Å². The summed E-state index contributed by atoms with van der Waals surface area (Å²) in [6.07, 6.45) is 3.76. The molecule has 5 nitrogen and oxygen atoms in total. The number of hydrogen-bond donors (Lipinski definition) is 1. The summed E-state index contributed by atoms with van der Waals surface area (Å²) >= 11 is 0. The number of nitrogens with one attached hydrogen (secondary N) is 1. The van der Waals surface area contributed by atoms with Crippen LogP contribution in [0, 0.1) is 0 Å². The van der Waals surface area contributed by atoms with E-state index in [1.807, 2.05) is 42.7 Å². The molecule has 3 rings (SSSR count). The lowest BCUT2D eigenvalue weighted by Gasteiger charge is -2.36. The lowest BCUT2D eigenvalue weighted by Crippen LogP contribution is -2.47.